The minimum Gasteiger partial charge on any atom is -0.287 e. The van der Waals surface area contributed by atoms with E-state index in [9.17, 15) is 4.79 Å². The number of hydrogen-bond donors (Lipinski definition) is 1. The van der Waals surface area contributed by atoms with Crippen molar-refractivity contribution in [3.8, 4) is 11.3 Å². The summed E-state index contributed by atoms with van der Waals surface area (Å²) in [6.45, 7) is 0. The molecule has 98 valence electrons. The van der Waals surface area contributed by atoms with Crippen molar-refractivity contribution >= 4 is 27.9 Å². The molecule has 6 heteroatoms. The smallest absolute Gasteiger partial charge is 0.214 e. The van der Waals surface area contributed by atoms with Gasteiger partial charge < -0.3 is 0 Å². The number of benzene rings is 2. The lowest BCUT2D eigenvalue weighted by atomic mass is 10.1. The van der Waals surface area contributed by atoms with Crippen LogP contribution in [0.5, 0.6) is 0 Å². The number of ketones is 1. The summed E-state index contributed by atoms with van der Waals surface area (Å²) in [5, 5.41) is 10.7. The van der Waals surface area contributed by atoms with Crippen molar-refractivity contribution < 1.29 is 4.79 Å². The molecule has 2 aromatic heterocycles. The van der Waals surface area contributed by atoms with Crippen LogP contribution in [0.2, 0.25) is 0 Å². The van der Waals surface area contributed by atoms with Crippen LogP contribution in [-0.2, 0) is 0 Å². The molecule has 0 saturated heterocycles. The Kier molecular flexibility index (Phi) is 1.76. The number of rotatable bonds is 0. The number of carbonyl (C=O) groups excluding carboxylic acids is 1. The molecule has 2 heterocycles. The van der Waals surface area contributed by atoms with Gasteiger partial charge in [0.05, 0.1) is 11.0 Å². The molecule has 4 aromatic rings. The van der Waals surface area contributed by atoms with E-state index in [4.69, 9.17) is 0 Å². The van der Waals surface area contributed by atoms with Gasteiger partial charge >= 0.3 is 0 Å². The van der Waals surface area contributed by atoms with Crippen molar-refractivity contribution in [2.75, 3.05) is 0 Å². The number of aromatic nitrogens is 5. The van der Waals surface area contributed by atoms with Gasteiger partial charge in [0.25, 0.3) is 0 Å². The molecular formula is C15H7N5O. The van der Waals surface area contributed by atoms with E-state index in [2.05, 4.69) is 25.4 Å². The van der Waals surface area contributed by atoms with Gasteiger partial charge in [-0.2, -0.15) is 15.4 Å². The quantitative estimate of drug-likeness (QED) is 0.467. The van der Waals surface area contributed by atoms with Crippen LogP contribution in [-0.4, -0.2) is 31.2 Å². The first kappa shape index (κ1) is 10.6. The van der Waals surface area contributed by atoms with Crippen molar-refractivity contribution in [3.05, 3.63) is 47.7 Å². The van der Waals surface area contributed by atoms with Gasteiger partial charge in [0.1, 0.15) is 22.4 Å². The van der Waals surface area contributed by atoms with E-state index in [-0.39, 0.29) is 5.78 Å². The molecule has 1 aliphatic rings. The zero-order chi connectivity index (χ0) is 14.0. The maximum absolute atomic E-state index is 12.4. The minimum absolute atomic E-state index is 0.0738. The van der Waals surface area contributed by atoms with Crippen molar-refractivity contribution in [3.63, 3.8) is 0 Å². The number of hydrogen-bond acceptors (Lipinski definition) is 5. The van der Waals surface area contributed by atoms with Gasteiger partial charge in [-0.1, -0.05) is 24.3 Å². The summed E-state index contributed by atoms with van der Waals surface area (Å²) in [6, 6.07) is 11.1. The van der Waals surface area contributed by atoms with Crippen LogP contribution in [0, 0.1) is 0 Å². The van der Waals surface area contributed by atoms with E-state index in [1.807, 2.05) is 24.3 Å². The molecule has 0 unspecified atom stereocenters. The second kappa shape index (κ2) is 3.49. The zero-order valence-electron chi connectivity index (χ0n) is 10.7. The van der Waals surface area contributed by atoms with Gasteiger partial charge in [-0.05, 0) is 12.1 Å². The molecule has 6 nitrogen and oxygen atoms in total. The molecule has 0 amide bonds. The number of nitrogens with one attached hydrogen (secondary N) is 1. The highest BCUT2D eigenvalue weighted by molar-refractivity contribution is 6.20. The third-order valence-electron chi connectivity index (χ3n) is 3.74. The Morgan fingerprint density at radius 1 is 0.762 bits per heavy atom. The molecule has 1 aliphatic carbocycles. The van der Waals surface area contributed by atoms with E-state index in [1.165, 1.54) is 0 Å². The summed E-state index contributed by atoms with van der Waals surface area (Å²) in [7, 11) is 0. The van der Waals surface area contributed by atoms with Crippen molar-refractivity contribution in [2.24, 2.45) is 0 Å². The molecule has 2 aromatic carbocycles. The number of aromatic amines is 1. The second-order valence-electron chi connectivity index (χ2n) is 4.95. The Morgan fingerprint density at radius 2 is 1.38 bits per heavy atom. The van der Waals surface area contributed by atoms with Crippen LogP contribution < -0.4 is 0 Å². The predicted octanol–water partition coefficient (Wildman–Crippen LogP) is 2.11. The normalized spacial score (nSPS) is 12.9. The summed E-state index contributed by atoms with van der Waals surface area (Å²) in [5.74, 6) is -0.0738. The maximum Gasteiger partial charge on any atom is 0.214 e. The highest BCUT2D eigenvalue weighted by Gasteiger charge is 2.29. The fraction of sp³-hybridized carbons (Fsp3) is 0. The van der Waals surface area contributed by atoms with Gasteiger partial charge in [-0.25, -0.2) is 9.97 Å². The van der Waals surface area contributed by atoms with Crippen molar-refractivity contribution in [1.82, 2.24) is 25.4 Å². The molecule has 0 radical (unpaired) electrons. The largest absolute Gasteiger partial charge is 0.287 e. The van der Waals surface area contributed by atoms with E-state index >= 15 is 0 Å². The molecular weight excluding hydrogens is 266 g/mol. The third kappa shape index (κ3) is 1.28. The predicted molar refractivity (Wildman–Crippen MR) is 75.9 cm³/mol. The van der Waals surface area contributed by atoms with Gasteiger partial charge in [0, 0.05) is 11.1 Å². The fourth-order valence-electron chi connectivity index (χ4n) is 2.75. The van der Waals surface area contributed by atoms with Crippen LogP contribution >= 0.6 is 0 Å². The highest BCUT2D eigenvalue weighted by atomic mass is 16.1. The molecule has 5 rings (SSSR count). The SMILES string of the molecule is O=C1c2ccccc2-c2nc3cc4n[nH]nc4cc3nc21. The summed E-state index contributed by atoms with van der Waals surface area (Å²) in [4.78, 5) is 21.5. The lowest BCUT2D eigenvalue weighted by molar-refractivity contribution is 0.103. The molecule has 0 bridgehead atoms. The monoisotopic (exact) mass is 273 g/mol. The Hall–Kier alpha value is -3.15. The second-order valence-corrected chi connectivity index (χ2v) is 4.95. The van der Waals surface area contributed by atoms with E-state index in [0.717, 1.165) is 11.1 Å². The average molecular weight is 273 g/mol. The Bertz CT molecular complexity index is 1070. The summed E-state index contributed by atoms with van der Waals surface area (Å²) in [5.41, 5.74) is 5.35. The molecule has 0 saturated carbocycles. The van der Waals surface area contributed by atoms with Crippen molar-refractivity contribution in [2.45, 2.75) is 0 Å². The lowest BCUT2D eigenvalue weighted by Crippen LogP contribution is -2.00. The summed E-state index contributed by atoms with van der Waals surface area (Å²) < 4.78 is 0. The van der Waals surface area contributed by atoms with E-state index in [1.54, 1.807) is 12.1 Å². The lowest BCUT2D eigenvalue weighted by Gasteiger charge is -2.01. The third-order valence-corrected chi connectivity index (χ3v) is 3.74. The van der Waals surface area contributed by atoms with Crippen LogP contribution in [0.15, 0.2) is 36.4 Å². The van der Waals surface area contributed by atoms with Crippen LogP contribution in [0.25, 0.3) is 33.3 Å². The Morgan fingerprint density at radius 3 is 2.10 bits per heavy atom. The number of nitrogens with zero attached hydrogens (tertiary/aromatic N) is 4. The van der Waals surface area contributed by atoms with Crippen LogP contribution in [0.1, 0.15) is 16.1 Å². The van der Waals surface area contributed by atoms with Gasteiger partial charge in [-0.15, -0.1) is 0 Å². The maximum atomic E-state index is 12.4. The van der Waals surface area contributed by atoms with E-state index < -0.39 is 0 Å². The first-order valence-corrected chi connectivity index (χ1v) is 6.48. The summed E-state index contributed by atoms with van der Waals surface area (Å²) >= 11 is 0. The number of fused-ring (bicyclic) bond motifs is 5. The number of carbonyl (C=O) groups is 1. The first-order chi connectivity index (χ1) is 10.3. The van der Waals surface area contributed by atoms with Gasteiger partial charge in [0.15, 0.2) is 0 Å². The Balaban J connectivity index is 1.91. The summed E-state index contributed by atoms with van der Waals surface area (Å²) in [6.07, 6.45) is 0. The van der Waals surface area contributed by atoms with Crippen LogP contribution in [0.3, 0.4) is 0 Å². The van der Waals surface area contributed by atoms with Gasteiger partial charge in [0.2, 0.25) is 5.78 Å². The van der Waals surface area contributed by atoms with Crippen molar-refractivity contribution in [1.29, 1.82) is 0 Å². The molecule has 0 fully saturated rings. The molecule has 0 spiro atoms. The molecule has 1 N–H and O–H groups in total. The fourth-order valence-corrected chi connectivity index (χ4v) is 2.75. The van der Waals surface area contributed by atoms with Gasteiger partial charge in [-0.3, -0.25) is 4.79 Å². The topological polar surface area (TPSA) is 84.4 Å². The zero-order valence-corrected chi connectivity index (χ0v) is 10.7. The minimum atomic E-state index is -0.0738. The molecule has 0 aliphatic heterocycles. The molecule has 0 atom stereocenters. The number of H-pyrrole nitrogens is 1. The molecule has 21 heavy (non-hydrogen) atoms. The Labute approximate surface area is 117 Å². The average Bonchev–Trinajstić information content (AvgIpc) is 3.07. The van der Waals surface area contributed by atoms with E-state index in [0.29, 0.717) is 33.5 Å². The highest BCUT2D eigenvalue weighted by Crippen LogP contribution is 2.35. The van der Waals surface area contributed by atoms with Crippen LogP contribution in [0.4, 0.5) is 0 Å². The standard InChI is InChI=1S/C15H7N5O/c21-15-8-4-2-1-3-7(8)13-14(15)17-10-6-12-11(18-20-19-12)5-9(10)16-13/h1-6H,(H,18,19,20). The first-order valence-electron chi connectivity index (χ1n) is 6.48.